The van der Waals surface area contributed by atoms with Crippen LogP contribution in [0.25, 0.3) is 0 Å². The van der Waals surface area contributed by atoms with Crippen LogP contribution in [0.2, 0.25) is 0 Å². The monoisotopic (exact) mass is 326 g/mol. The zero-order chi connectivity index (χ0) is 17.3. The minimum atomic E-state index is -0.510. The Hall–Kier alpha value is -2.14. The van der Waals surface area contributed by atoms with E-state index < -0.39 is 6.04 Å². The Morgan fingerprint density at radius 2 is 2.17 bits per heavy atom. The molecule has 24 heavy (non-hydrogen) atoms. The van der Waals surface area contributed by atoms with Crippen molar-refractivity contribution >= 4 is 11.6 Å². The Kier molecular flexibility index (Phi) is 4.71. The van der Waals surface area contributed by atoms with Crippen molar-refractivity contribution in [2.75, 3.05) is 4.90 Å². The largest absolute Gasteiger partial charge is 0.344 e. The van der Waals surface area contributed by atoms with Crippen LogP contribution in [0.1, 0.15) is 50.3 Å². The molecule has 3 N–H and O–H groups in total. The quantitative estimate of drug-likeness (QED) is 0.887. The maximum atomic E-state index is 13.0. The Morgan fingerprint density at radius 1 is 1.42 bits per heavy atom. The second-order valence-corrected chi connectivity index (χ2v) is 6.87. The van der Waals surface area contributed by atoms with Gasteiger partial charge in [-0.2, -0.15) is 0 Å². The topological polar surface area (TPSA) is 75.0 Å². The summed E-state index contributed by atoms with van der Waals surface area (Å²) in [6.45, 7) is 6.10. The van der Waals surface area contributed by atoms with Crippen LogP contribution in [0.3, 0.4) is 0 Å². The third kappa shape index (κ3) is 2.96. The van der Waals surface area contributed by atoms with Crippen LogP contribution in [0.4, 0.5) is 5.69 Å². The normalized spacial score (nSPS) is 18.0. The van der Waals surface area contributed by atoms with Crippen molar-refractivity contribution in [3.8, 4) is 0 Å². The van der Waals surface area contributed by atoms with E-state index in [0.717, 1.165) is 36.5 Å². The van der Waals surface area contributed by atoms with Gasteiger partial charge in [-0.25, -0.2) is 4.98 Å². The van der Waals surface area contributed by atoms with Crippen molar-refractivity contribution in [3.05, 3.63) is 47.5 Å². The third-order valence-electron chi connectivity index (χ3n) is 4.70. The summed E-state index contributed by atoms with van der Waals surface area (Å²) < 4.78 is 0. The van der Waals surface area contributed by atoms with Gasteiger partial charge in [-0.05, 0) is 24.0 Å². The molecule has 0 bridgehead atoms. The molecule has 5 heteroatoms. The lowest BCUT2D eigenvalue weighted by Gasteiger charge is -2.28. The summed E-state index contributed by atoms with van der Waals surface area (Å²) >= 11 is 0. The van der Waals surface area contributed by atoms with E-state index in [9.17, 15) is 4.79 Å². The predicted molar refractivity (Wildman–Crippen MR) is 95.8 cm³/mol. The maximum absolute atomic E-state index is 13.0. The molecule has 0 saturated carbocycles. The van der Waals surface area contributed by atoms with Gasteiger partial charge in [-0.15, -0.1) is 0 Å². The SMILES string of the molecule is CCCc1cnc(C2Cc3ccccc3N2C(=O)C(N)C(C)C)[nH]1. The highest BCUT2D eigenvalue weighted by Crippen LogP contribution is 2.40. The van der Waals surface area contributed by atoms with Gasteiger partial charge < -0.3 is 10.7 Å². The number of nitrogens with one attached hydrogen (secondary N) is 1. The molecule has 2 heterocycles. The molecule has 0 fully saturated rings. The van der Waals surface area contributed by atoms with E-state index in [-0.39, 0.29) is 17.9 Å². The minimum absolute atomic E-state index is 0.0339. The first kappa shape index (κ1) is 16.7. The summed E-state index contributed by atoms with van der Waals surface area (Å²) in [5.74, 6) is 0.908. The van der Waals surface area contributed by atoms with Gasteiger partial charge in [0, 0.05) is 24.0 Å². The lowest BCUT2D eigenvalue weighted by atomic mass is 10.0. The molecule has 2 atom stereocenters. The van der Waals surface area contributed by atoms with E-state index in [1.165, 1.54) is 5.56 Å². The lowest BCUT2D eigenvalue weighted by molar-refractivity contribution is -0.121. The van der Waals surface area contributed by atoms with E-state index in [1.54, 1.807) is 0 Å². The number of para-hydroxylation sites is 1. The summed E-state index contributed by atoms with van der Waals surface area (Å²) in [4.78, 5) is 22.8. The highest BCUT2D eigenvalue weighted by molar-refractivity contribution is 5.99. The molecule has 1 aromatic carbocycles. The fourth-order valence-corrected chi connectivity index (χ4v) is 3.27. The number of aromatic amines is 1. The Balaban J connectivity index is 1.97. The first-order chi connectivity index (χ1) is 11.5. The zero-order valence-corrected chi connectivity index (χ0v) is 14.6. The molecule has 1 aliphatic heterocycles. The van der Waals surface area contributed by atoms with Gasteiger partial charge >= 0.3 is 0 Å². The van der Waals surface area contributed by atoms with E-state index in [0.29, 0.717) is 0 Å². The average Bonchev–Trinajstić information content (AvgIpc) is 3.17. The van der Waals surface area contributed by atoms with E-state index in [1.807, 2.05) is 43.1 Å². The number of carbonyl (C=O) groups is 1. The fourth-order valence-electron chi connectivity index (χ4n) is 3.27. The highest BCUT2D eigenvalue weighted by Gasteiger charge is 2.38. The standard InChI is InChI=1S/C19H26N4O/c1-4-7-14-11-21-18(22-14)16-10-13-8-5-6-9-15(13)23(16)19(24)17(20)12(2)3/h5-6,8-9,11-12,16-17H,4,7,10,20H2,1-3H3,(H,21,22). The number of nitrogens with two attached hydrogens (primary N) is 1. The number of imidazole rings is 1. The zero-order valence-electron chi connectivity index (χ0n) is 14.6. The average molecular weight is 326 g/mol. The van der Waals surface area contributed by atoms with Crippen LogP contribution >= 0.6 is 0 Å². The van der Waals surface area contributed by atoms with Crippen molar-refractivity contribution in [1.29, 1.82) is 0 Å². The number of carbonyl (C=O) groups excluding carboxylic acids is 1. The molecule has 0 spiro atoms. The smallest absolute Gasteiger partial charge is 0.244 e. The van der Waals surface area contributed by atoms with Crippen LogP contribution in [-0.4, -0.2) is 21.9 Å². The summed E-state index contributed by atoms with van der Waals surface area (Å²) in [6, 6.07) is 7.43. The molecule has 0 saturated heterocycles. The maximum Gasteiger partial charge on any atom is 0.244 e. The molecule has 1 aliphatic rings. The van der Waals surface area contributed by atoms with Gasteiger partial charge in [-0.3, -0.25) is 9.69 Å². The van der Waals surface area contributed by atoms with Crippen LogP contribution in [0.5, 0.6) is 0 Å². The molecular weight excluding hydrogens is 300 g/mol. The second-order valence-electron chi connectivity index (χ2n) is 6.87. The first-order valence-corrected chi connectivity index (χ1v) is 8.73. The number of benzene rings is 1. The first-order valence-electron chi connectivity index (χ1n) is 8.73. The van der Waals surface area contributed by atoms with Crippen molar-refractivity contribution in [2.45, 2.75) is 52.1 Å². The number of fused-ring (bicyclic) bond motifs is 1. The Bertz CT molecular complexity index is 722. The van der Waals surface area contributed by atoms with Crippen molar-refractivity contribution in [3.63, 3.8) is 0 Å². The molecule has 0 aliphatic carbocycles. The van der Waals surface area contributed by atoms with Crippen molar-refractivity contribution < 1.29 is 4.79 Å². The lowest BCUT2D eigenvalue weighted by Crippen LogP contribution is -2.47. The number of amides is 1. The second kappa shape index (κ2) is 6.77. The van der Waals surface area contributed by atoms with Gasteiger partial charge in [0.15, 0.2) is 0 Å². The van der Waals surface area contributed by atoms with Crippen LogP contribution in [0.15, 0.2) is 30.5 Å². The molecule has 1 amide bonds. The Labute approximate surface area is 143 Å². The molecular formula is C19H26N4O. The van der Waals surface area contributed by atoms with Gasteiger partial charge in [0.1, 0.15) is 5.82 Å². The number of hydrogen-bond acceptors (Lipinski definition) is 3. The van der Waals surface area contributed by atoms with Crippen LogP contribution in [0, 0.1) is 5.92 Å². The van der Waals surface area contributed by atoms with Gasteiger partial charge in [0.2, 0.25) is 5.91 Å². The highest BCUT2D eigenvalue weighted by atomic mass is 16.2. The van der Waals surface area contributed by atoms with E-state index >= 15 is 0 Å². The molecule has 5 nitrogen and oxygen atoms in total. The van der Waals surface area contributed by atoms with Crippen LogP contribution < -0.4 is 10.6 Å². The molecule has 3 rings (SSSR count). The molecule has 2 aromatic rings. The number of aryl methyl sites for hydroxylation is 1. The molecule has 2 unspecified atom stereocenters. The molecule has 0 radical (unpaired) electrons. The van der Waals surface area contributed by atoms with Crippen molar-refractivity contribution in [2.24, 2.45) is 11.7 Å². The number of nitrogens with zero attached hydrogens (tertiary/aromatic N) is 2. The molecule has 1 aromatic heterocycles. The van der Waals surface area contributed by atoms with E-state index in [2.05, 4.69) is 23.0 Å². The summed E-state index contributed by atoms with van der Waals surface area (Å²) in [7, 11) is 0. The number of hydrogen-bond donors (Lipinski definition) is 2. The number of anilines is 1. The predicted octanol–water partition coefficient (Wildman–Crippen LogP) is 2.98. The summed E-state index contributed by atoms with van der Waals surface area (Å²) in [6.07, 6.45) is 4.68. The number of H-pyrrole nitrogens is 1. The van der Waals surface area contributed by atoms with Crippen molar-refractivity contribution in [1.82, 2.24) is 9.97 Å². The molecule has 128 valence electrons. The minimum Gasteiger partial charge on any atom is -0.344 e. The Morgan fingerprint density at radius 3 is 2.88 bits per heavy atom. The summed E-state index contributed by atoms with van der Waals surface area (Å²) in [5, 5.41) is 0. The van der Waals surface area contributed by atoms with Gasteiger partial charge in [0.25, 0.3) is 0 Å². The van der Waals surface area contributed by atoms with E-state index in [4.69, 9.17) is 5.73 Å². The van der Waals surface area contributed by atoms with Gasteiger partial charge in [0.05, 0.1) is 12.1 Å². The number of rotatable bonds is 5. The third-order valence-corrected chi connectivity index (χ3v) is 4.70. The fraction of sp³-hybridized carbons (Fsp3) is 0.474. The van der Waals surface area contributed by atoms with Gasteiger partial charge in [-0.1, -0.05) is 45.4 Å². The number of aromatic nitrogens is 2. The van der Waals surface area contributed by atoms with Crippen LogP contribution in [-0.2, 0) is 17.6 Å². The summed E-state index contributed by atoms with van der Waals surface area (Å²) in [5.41, 5.74) is 9.41.